The molecule has 17 heavy (non-hydrogen) atoms. The summed E-state index contributed by atoms with van der Waals surface area (Å²) >= 11 is 0. The Morgan fingerprint density at radius 2 is 2.00 bits per heavy atom. The second-order valence-electron chi connectivity index (χ2n) is 4.63. The van der Waals surface area contributed by atoms with Crippen molar-refractivity contribution in [3.8, 4) is 0 Å². The number of nitrogens with one attached hydrogen (secondary N) is 2. The predicted molar refractivity (Wildman–Crippen MR) is 74.1 cm³/mol. The van der Waals surface area contributed by atoms with Crippen molar-refractivity contribution >= 4 is 22.4 Å². The van der Waals surface area contributed by atoms with Crippen LogP contribution in [0.1, 0.15) is 39.5 Å². The molecule has 1 fully saturated rings. The molecular formula is C11H25ClN2O2S. The summed E-state index contributed by atoms with van der Waals surface area (Å²) in [6, 6.07) is 0.0908. The van der Waals surface area contributed by atoms with Gasteiger partial charge in [0.1, 0.15) is 0 Å². The van der Waals surface area contributed by atoms with Gasteiger partial charge in [0.25, 0.3) is 0 Å². The quantitative estimate of drug-likeness (QED) is 0.777. The molecule has 4 nitrogen and oxygen atoms in total. The number of sulfonamides is 1. The minimum absolute atomic E-state index is 0. The lowest BCUT2D eigenvalue weighted by Crippen LogP contribution is -2.46. The van der Waals surface area contributed by atoms with E-state index in [0.717, 1.165) is 38.8 Å². The molecule has 0 radical (unpaired) electrons. The Bertz CT molecular complexity index is 286. The standard InChI is InChI=1S/C11H24N2O2S.ClH/c1-3-10(4-2)9-16(14,15)13-11-6-5-7-12-8-11;/h10-13H,3-9H2,1-2H3;1H. The molecule has 1 saturated heterocycles. The van der Waals surface area contributed by atoms with Crippen molar-refractivity contribution in [3.63, 3.8) is 0 Å². The van der Waals surface area contributed by atoms with Crippen LogP contribution in [0.5, 0.6) is 0 Å². The fourth-order valence-corrected chi connectivity index (χ4v) is 3.99. The Hall–Kier alpha value is 0.160. The molecule has 1 rings (SSSR count). The van der Waals surface area contributed by atoms with E-state index in [9.17, 15) is 8.42 Å². The Balaban J connectivity index is 0.00000256. The number of hydrogen-bond acceptors (Lipinski definition) is 3. The highest BCUT2D eigenvalue weighted by Crippen LogP contribution is 2.11. The van der Waals surface area contributed by atoms with E-state index < -0.39 is 10.0 Å². The predicted octanol–water partition coefficient (Wildman–Crippen LogP) is 1.52. The minimum atomic E-state index is -3.09. The third-order valence-electron chi connectivity index (χ3n) is 3.25. The van der Waals surface area contributed by atoms with Crippen molar-refractivity contribution in [1.82, 2.24) is 10.0 Å². The van der Waals surface area contributed by atoms with Crippen LogP contribution in [-0.4, -0.2) is 33.3 Å². The van der Waals surface area contributed by atoms with Crippen molar-refractivity contribution in [2.24, 2.45) is 5.92 Å². The van der Waals surface area contributed by atoms with Gasteiger partial charge >= 0.3 is 0 Å². The molecule has 1 unspecified atom stereocenters. The van der Waals surface area contributed by atoms with E-state index >= 15 is 0 Å². The first kappa shape index (κ1) is 17.2. The zero-order valence-electron chi connectivity index (χ0n) is 10.7. The maximum atomic E-state index is 11.9. The average molecular weight is 285 g/mol. The molecule has 1 atom stereocenters. The molecule has 104 valence electrons. The first-order valence-corrected chi connectivity index (χ1v) is 7.93. The molecule has 0 bridgehead atoms. The number of halogens is 1. The normalized spacial score (nSPS) is 21.2. The summed E-state index contributed by atoms with van der Waals surface area (Å²) in [5, 5.41) is 3.21. The molecule has 1 aliphatic rings. The Morgan fingerprint density at radius 1 is 1.35 bits per heavy atom. The van der Waals surface area contributed by atoms with Crippen LogP contribution in [-0.2, 0) is 10.0 Å². The molecule has 0 saturated carbocycles. The number of rotatable bonds is 6. The largest absolute Gasteiger partial charge is 0.315 e. The van der Waals surface area contributed by atoms with Crippen LogP contribution in [0.25, 0.3) is 0 Å². The molecule has 1 aliphatic heterocycles. The molecule has 6 heteroatoms. The van der Waals surface area contributed by atoms with E-state index in [1.807, 2.05) is 13.8 Å². The lowest BCUT2D eigenvalue weighted by molar-refractivity contribution is 0.425. The topological polar surface area (TPSA) is 58.2 Å². The summed E-state index contributed by atoms with van der Waals surface area (Å²) in [6.45, 7) is 5.87. The van der Waals surface area contributed by atoms with Crippen LogP contribution >= 0.6 is 12.4 Å². The Labute approximate surface area is 111 Å². The molecule has 0 aliphatic carbocycles. The van der Waals surface area contributed by atoms with Gasteiger partial charge in [0.2, 0.25) is 10.0 Å². The van der Waals surface area contributed by atoms with Gasteiger partial charge in [-0.2, -0.15) is 0 Å². The maximum absolute atomic E-state index is 11.9. The monoisotopic (exact) mass is 284 g/mol. The lowest BCUT2D eigenvalue weighted by atomic mass is 10.1. The molecule has 1 heterocycles. The third kappa shape index (κ3) is 6.60. The summed E-state index contributed by atoms with van der Waals surface area (Å²) in [5.41, 5.74) is 0. The highest BCUT2D eigenvalue weighted by molar-refractivity contribution is 7.89. The van der Waals surface area contributed by atoms with Crippen molar-refractivity contribution in [3.05, 3.63) is 0 Å². The van der Waals surface area contributed by atoms with Gasteiger partial charge in [-0.05, 0) is 25.3 Å². The van der Waals surface area contributed by atoms with Gasteiger partial charge in [-0.1, -0.05) is 26.7 Å². The Kier molecular flexibility index (Phi) is 8.37. The highest BCUT2D eigenvalue weighted by atomic mass is 35.5. The van der Waals surface area contributed by atoms with Crippen molar-refractivity contribution in [1.29, 1.82) is 0 Å². The minimum Gasteiger partial charge on any atom is -0.315 e. The van der Waals surface area contributed by atoms with E-state index in [1.54, 1.807) is 0 Å². The number of hydrogen-bond donors (Lipinski definition) is 2. The van der Waals surface area contributed by atoms with Gasteiger partial charge in [0, 0.05) is 12.6 Å². The molecule has 0 amide bonds. The van der Waals surface area contributed by atoms with Gasteiger partial charge in [-0.15, -0.1) is 12.4 Å². The summed E-state index contributed by atoms with van der Waals surface area (Å²) in [6.07, 6.45) is 3.87. The van der Waals surface area contributed by atoms with Gasteiger partial charge < -0.3 is 5.32 Å². The summed E-state index contributed by atoms with van der Waals surface area (Å²) in [5.74, 6) is 0.560. The highest BCUT2D eigenvalue weighted by Gasteiger charge is 2.22. The van der Waals surface area contributed by atoms with Gasteiger partial charge in [-0.3, -0.25) is 0 Å². The van der Waals surface area contributed by atoms with E-state index in [2.05, 4.69) is 10.0 Å². The van der Waals surface area contributed by atoms with Crippen LogP contribution in [0, 0.1) is 5.92 Å². The molecule has 0 aromatic rings. The zero-order valence-corrected chi connectivity index (χ0v) is 12.4. The van der Waals surface area contributed by atoms with Gasteiger partial charge in [-0.25, -0.2) is 13.1 Å². The van der Waals surface area contributed by atoms with Gasteiger partial charge in [0.05, 0.1) is 5.75 Å². The van der Waals surface area contributed by atoms with Crippen LogP contribution in [0.3, 0.4) is 0 Å². The van der Waals surface area contributed by atoms with Crippen LogP contribution in [0.4, 0.5) is 0 Å². The fourth-order valence-electron chi connectivity index (χ4n) is 2.09. The summed E-state index contributed by atoms with van der Waals surface area (Å²) in [4.78, 5) is 0. The maximum Gasteiger partial charge on any atom is 0.212 e. The summed E-state index contributed by atoms with van der Waals surface area (Å²) in [7, 11) is -3.09. The lowest BCUT2D eigenvalue weighted by Gasteiger charge is -2.24. The van der Waals surface area contributed by atoms with Crippen molar-refractivity contribution in [2.75, 3.05) is 18.8 Å². The second kappa shape index (κ2) is 8.29. The molecular weight excluding hydrogens is 260 g/mol. The van der Waals surface area contributed by atoms with E-state index in [4.69, 9.17) is 0 Å². The number of piperidine rings is 1. The van der Waals surface area contributed by atoms with Crippen molar-refractivity contribution < 1.29 is 8.42 Å². The van der Waals surface area contributed by atoms with Crippen LogP contribution < -0.4 is 10.0 Å². The fraction of sp³-hybridized carbons (Fsp3) is 1.00. The second-order valence-corrected chi connectivity index (χ2v) is 6.42. The third-order valence-corrected chi connectivity index (χ3v) is 4.86. The van der Waals surface area contributed by atoms with E-state index in [0.29, 0.717) is 0 Å². The van der Waals surface area contributed by atoms with Gasteiger partial charge in [0.15, 0.2) is 0 Å². The Morgan fingerprint density at radius 3 is 2.47 bits per heavy atom. The first-order valence-electron chi connectivity index (χ1n) is 6.28. The molecule has 0 spiro atoms. The molecule has 0 aromatic carbocycles. The first-order chi connectivity index (χ1) is 7.57. The van der Waals surface area contributed by atoms with Crippen molar-refractivity contribution in [2.45, 2.75) is 45.6 Å². The summed E-state index contributed by atoms with van der Waals surface area (Å²) < 4.78 is 26.6. The SMILES string of the molecule is CCC(CC)CS(=O)(=O)NC1CCCNC1.Cl. The molecule has 0 aromatic heterocycles. The average Bonchev–Trinajstić information content (AvgIpc) is 2.26. The van der Waals surface area contributed by atoms with E-state index in [1.165, 1.54) is 0 Å². The van der Waals surface area contributed by atoms with Crippen LogP contribution in [0.15, 0.2) is 0 Å². The smallest absolute Gasteiger partial charge is 0.212 e. The van der Waals surface area contributed by atoms with Crippen LogP contribution in [0.2, 0.25) is 0 Å². The molecule has 2 N–H and O–H groups in total. The van der Waals surface area contributed by atoms with E-state index in [-0.39, 0.29) is 30.1 Å². The zero-order chi connectivity index (χ0) is 12.0.